The molecule has 0 bridgehead atoms. The van der Waals surface area contributed by atoms with Crippen LogP contribution < -0.4 is 23.7 Å². The lowest BCUT2D eigenvalue weighted by Crippen LogP contribution is -2.19. The lowest BCUT2D eigenvalue weighted by molar-refractivity contribution is -0.135. The zero-order valence-electron chi connectivity index (χ0n) is 19.9. The molecule has 7 heteroatoms. The van der Waals surface area contributed by atoms with Gasteiger partial charge >= 0.3 is 11.9 Å². The molecule has 3 rings (SSSR count). The van der Waals surface area contributed by atoms with Gasteiger partial charge in [-0.25, -0.2) is 0 Å². The molecule has 0 radical (unpaired) electrons. The highest BCUT2D eigenvalue weighted by Gasteiger charge is 2.30. The third kappa shape index (κ3) is 6.30. The van der Waals surface area contributed by atoms with Gasteiger partial charge in [0, 0.05) is 23.6 Å². The van der Waals surface area contributed by atoms with Crippen molar-refractivity contribution in [2.45, 2.75) is 72.1 Å². The van der Waals surface area contributed by atoms with Crippen molar-refractivity contribution in [3.05, 3.63) is 18.2 Å². The van der Waals surface area contributed by atoms with E-state index >= 15 is 0 Å². The third-order valence-electron chi connectivity index (χ3n) is 5.39. The number of rotatable bonds is 12. The van der Waals surface area contributed by atoms with Crippen molar-refractivity contribution >= 4 is 22.7 Å². The molecule has 0 unspecified atom stereocenters. The van der Waals surface area contributed by atoms with E-state index < -0.39 is 0 Å². The summed E-state index contributed by atoms with van der Waals surface area (Å²) in [6.45, 7) is 7.15. The Bertz CT molecular complexity index is 967. The summed E-state index contributed by atoms with van der Waals surface area (Å²) in [5, 5.41) is 1.17. The fourth-order valence-electron chi connectivity index (χ4n) is 3.74. The van der Waals surface area contributed by atoms with Crippen LogP contribution in [0.15, 0.2) is 18.2 Å². The molecule has 0 atom stereocenters. The van der Waals surface area contributed by atoms with Gasteiger partial charge in [-0.15, -0.1) is 0 Å². The molecule has 0 amide bonds. The van der Waals surface area contributed by atoms with Gasteiger partial charge in [0.25, 0.3) is 0 Å². The van der Waals surface area contributed by atoms with Crippen molar-refractivity contribution in [3.8, 4) is 28.7 Å². The summed E-state index contributed by atoms with van der Waals surface area (Å²) in [6, 6.07) is 5.37. The van der Waals surface area contributed by atoms with Crippen molar-refractivity contribution < 1.29 is 33.3 Å². The molecule has 7 nitrogen and oxygen atoms in total. The number of unbranched alkanes of at least 4 members (excludes halogenated alkanes) is 4. The zero-order chi connectivity index (χ0) is 23.6. The van der Waals surface area contributed by atoms with Crippen LogP contribution in [0.3, 0.4) is 0 Å². The van der Waals surface area contributed by atoms with E-state index in [1.807, 2.05) is 6.92 Å². The molecule has 1 heterocycles. The average Bonchev–Trinajstić information content (AvgIpc) is 2.81. The second kappa shape index (κ2) is 12.3. The van der Waals surface area contributed by atoms with Gasteiger partial charge in [-0.05, 0) is 38.0 Å². The van der Waals surface area contributed by atoms with Gasteiger partial charge in [-0.3, -0.25) is 9.59 Å². The van der Waals surface area contributed by atoms with Crippen molar-refractivity contribution in [2.24, 2.45) is 0 Å². The Morgan fingerprint density at radius 1 is 0.788 bits per heavy atom. The summed E-state index contributed by atoms with van der Waals surface area (Å²) in [6.07, 6.45) is 6.08. The molecule has 1 aliphatic heterocycles. The molecule has 0 aromatic heterocycles. The first kappa shape index (κ1) is 24.7. The largest absolute Gasteiger partial charge is 0.494 e. The van der Waals surface area contributed by atoms with Crippen LogP contribution in [0.5, 0.6) is 28.7 Å². The Balaban J connectivity index is 2.05. The van der Waals surface area contributed by atoms with E-state index in [-0.39, 0.29) is 34.9 Å². The van der Waals surface area contributed by atoms with Crippen LogP contribution >= 0.6 is 0 Å². The maximum Gasteiger partial charge on any atom is 0.311 e. The van der Waals surface area contributed by atoms with Crippen LogP contribution in [0.2, 0.25) is 0 Å². The number of benzene rings is 2. The predicted molar refractivity (Wildman–Crippen MR) is 126 cm³/mol. The standard InChI is InChI=1S/C26H34O7/c1-4-7-9-11-21(27)32-23-19-14-13-18(29-6-3)17-20(19)24(26-25(23)30-15-16-31-26)33-22(28)12-10-8-5-2/h13-14,17H,4-12,15-16H2,1-3H3. The van der Waals surface area contributed by atoms with Crippen molar-refractivity contribution in [1.29, 1.82) is 0 Å². The Morgan fingerprint density at radius 3 is 1.85 bits per heavy atom. The predicted octanol–water partition coefficient (Wildman–Crippen LogP) is 5.98. The lowest BCUT2D eigenvalue weighted by Gasteiger charge is -2.25. The first-order valence-corrected chi connectivity index (χ1v) is 12.0. The molecule has 0 N–H and O–H groups in total. The van der Waals surface area contributed by atoms with E-state index in [1.165, 1.54) is 0 Å². The van der Waals surface area contributed by atoms with Crippen LogP contribution in [0.4, 0.5) is 0 Å². The van der Waals surface area contributed by atoms with Crippen molar-refractivity contribution in [3.63, 3.8) is 0 Å². The first-order chi connectivity index (χ1) is 16.1. The maximum absolute atomic E-state index is 12.6. The highest BCUT2D eigenvalue weighted by atomic mass is 16.6. The summed E-state index contributed by atoms with van der Waals surface area (Å²) in [4.78, 5) is 25.2. The topological polar surface area (TPSA) is 80.3 Å². The van der Waals surface area contributed by atoms with Crippen LogP contribution in [0.25, 0.3) is 10.8 Å². The molecular weight excluding hydrogens is 424 g/mol. The van der Waals surface area contributed by atoms with Crippen LogP contribution in [-0.2, 0) is 9.59 Å². The summed E-state index contributed by atoms with van der Waals surface area (Å²) in [7, 11) is 0. The molecule has 0 spiro atoms. The van der Waals surface area contributed by atoms with E-state index in [1.54, 1.807) is 18.2 Å². The van der Waals surface area contributed by atoms with Gasteiger partial charge in [-0.2, -0.15) is 0 Å². The Morgan fingerprint density at radius 2 is 1.33 bits per heavy atom. The van der Waals surface area contributed by atoms with Gasteiger partial charge in [0.2, 0.25) is 11.5 Å². The van der Waals surface area contributed by atoms with E-state index in [0.29, 0.717) is 49.2 Å². The third-order valence-corrected chi connectivity index (χ3v) is 5.39. The fourth-order valence-corrected chi connectivity index (χ4v) is 3.74. The molecule has 0 aliphatic carbocycles. The van der Waals surface area contributed by atoms with Crippen LogP contribution in [-0.4, -0.2) is 31.8 Å². The van der Waals surface area contributed by atoms with Gasteiger partial charge < -0.3 is 23.7 Å². The summed E-state index contributed by atoms with van der Waals surface area (Å²) in [5.41, 5.74) is 0. The number of carbonyl (C=O) groups excluding carboxylic acids is 2. The number of fused-ring (bicyclic) bond motifs is 2. The quantitative estimate of drug-likeness (QED) is 0.220. The minimum absolute atomic E-state index is 0.272. The normalized spacial score (nSPS) is 12.5. The first-order valence-electron chi connectivity index (χ1n) is 12.0. The van der Waals surface area contributed by atoms with Crippen molar-refractivity contribution in [1.82, 2.24) is 0 Å². The number of carbonyl (C=O) groups is 2. The molecule has 2 aromatic rings. The highest BCUT2D eigenvalue weighted by Crippen LogP contribution is 2.53. The molecule has 0 saturated heterocycles. The Labute approximate surface area is 195 Å². The molecule has 180 valence electrons. The molecular formula is C26H34O7. The van der Waals surface area contributed by atoms with E-state index in [9.17, 15) is 9.59 Å². The van der Waals surface area contributed by atoms with Gasteiger partial charge in [0.15, 0.2) is 11.5 Å². The second-order valence-electron chi connectivity index (χ2n) is 8.02. The highest BCUT2D eigenvalue weighted by molar-refractivity contribution is 6.02. The SMILES string of the molecule is CCCCCC(=O)Oc1c2c(c(OC(=O)CCCCC)c3cc(OCC)ccc13)OCCO2. The van der Waals surface area contributed by atoms with E-state index in [2.05, 4.69) is 13.8 Å². The number of hydrogen-bond acceptors (Lipinski definition) is 7. The Kier molecular flexibility index (Phi) is 9.22. The molecule has 0 saturated carbocycles. The van der Waals surface area contributed by atoms with Gasteiger partial charge in [-0.1, -0.05) is 39.5 Å². The van der Waals surface area contributed by atoms with Crippen LogP contribution in [0.1, 0.15) is 72.1 Å². The minimum Gasteiger partial charge on any atom is -0.494 e. The number of ether oxygens (including phenoxy) is 5. The smallest absolute Gasteiger partial charge is 0.311 e. The van der Waals surface area contributed by atoms with E-state index in [4.69, 9.17) is 23.7 Å². The minimum atomic E-state index is -0.341. The summed E-state index contributed by atoms with van der Waals surface area (Å²) in [5.74, 6) is 1.07. The summed E-state index contributed by atoms with van der Waals surface area (Å²) >= 11 is 0. The molecule has 0 fully saturated rings. The molecule has 33 heavy (non-hydrogen) atoms. The lowest BCUT2D eigenvalue weighted by atomic mass is 10.1. The maximum atomic E-state index is 12.6. The Hall–Kier alpha value is -2.96. The summed E-state index contributed by atoms with van der Waals surface area (Å²) < 4.78 is 29.0. The average molecular weight is 459 g/mol. The number of hydrogen-bond donors (Lipinski definition) is 0. The second-order valence-corrected chi connectivity index (χ2v) is 8.02. The zero-order valence-corrected chi connectivity index (χ0v) is 19.9. The van der Waals surface area contributed by atoms with Crippen LogP contribution in [0, 0.1) is 0 Å². The monoisotopic (exact) mass is 458 g/mol. The fraction of sp³-hybridized carbons (Fsp3) is 0.538. The van der Waals surface area contributed by atoms with Gasteiger partial charge in [0.05, 0.1) is 6.61 Å². The van der Waals surface area contributed by atoms with E-state index in [0.717, 1.165) is 38.5 Å². The molecule has 2 aromatic carbocycles. The number of esters is 2. The van der Waals surface area contributed by atoms with Gasteiger partial charge in [0.1, 0.15) is 19.0 Å². The van der Waals surface area contributed by atoms with Crippen molar-refractivity contribution in [2.75, 3.05) is 19.8 Å². The molecule has 1 aliphatic rings.